The molecule has 0 radical (unpaired) electrons. The standard InChI is InChI=1S/C21H40N8O7/c1-11(2)16(29-17(32)12(23)10-15(30)31)19(34)27-13(7-5-9-26-21(24)25)18(33)28-14(20(35)36)6-3-4-8-22/h11-14,16H,3-10,22-23H2,1-2H3,(H,27,34)(H,28,33)(H,29,32)(H,30,31)(H,35,36)(H4,24,25,26). The Kier molecular flexibility index (Phi) is 15.4. The van der Waals surface area contributed by atoms with Crippen LogP contribution in [0.4, 0.5) is 0 Å². The molecule has 15 heteroatoms. The Bertz CT molecular complexity index is 786. The number of guanidine groups is 1. The summed E-state index contributed by atoms with van der Waals surface area (Å²) in [5.41, 5.74) is 21.6. The molecular weight excluding hydrogens is 476 g/mol. The fourth-order valence-electron chi connectivity index (χ4n) is 3.13. The molecule has 0 aliphatic rings. The van der Waals surface area contributed by atoms with Gasteiger partial charge < -0.3 is 49.1 Å². The summed E-state index contributed by atoms with van der Waals surface area (Å²) in [7, 11) is 0. The van der Waals surface area contributed by atoms with E-state index in [0.29, 0.717) is 19.4 Å². The molecule has 36 heavy (non-hydrogen) atoms. The molecule has 0 heterocycles. The van der Waals surface area contributed by atoms with E-state index in [9.17, 15) is 29.1 Å². The smallest absolute Gasteiger partial charge is 0.326 e. The van der Waals surface area contributed by atoms with Gasteiger partial charge in [0.15, 0.2) is 5.96 Å². The van der Waals surface area contributed by atoms with Gasteiger partial charge in [-0.3, -0.25) is 24.2 Å². The lowest BCUT2D eigenvalue weighted by atomic mass is 10.0. The Morgan fingerprint density at radius 2 is 1.42 bits per heavy atom. The molecule has 0 saturated carbocycles. The fraction of sp³-hybridized carbons (Fsp3) is 0.714. The van der Waals surface area contributed by atoms with Crippen LogP contribution in [0.2, 0.25) is 0 Å². The van der Waals surface area contributed by atoms with Gasteiger partial charge in [-0.2, -0.15) is 0 Å². The van der Waals surface area contributed by atoms with Gasteiger partial charge in [0.05, 0.1) is 12.5 Å². The van der Waals surface area contributed by atoms with Crippen LogP contribution < -0.4 is 38.9 Å². The third kappa shape index (κ3) is 13.4. The number of nitrogens with one attached hydrogen (secondary N) is 3. The molecule has 0 rings (SSSR count). The van der Waals surface area contributed by atoms with Crippen molar-refractivity contribution in [1.82, 2.24) is 16.0 Å². The lowest BCUT2D eigenvalue weighted by molar-refractivity contribution is -0.142. The second kappa shape index (κ2) is 17.0. The monoisotopic (exact) mass is 516 g/mol. The number of unbranched alkanes of at least 4 members (excludes halogenated alkanes) is 1. The van der Waals surface area contributed by atoms with Crippen LogP contribution in [-0.2, 0) is 24.0 Å². The minimum absolute atomic E-state index is 0.0702. The quantitative estimate of drug-likeness (QED) is 0.0508. The first-order valence-electron chi connectivity index (χ1n) is 11.7. The van der Waals surface area contributed by atoms with Crippen LogP contribution in [0.15, 0.2) is 4.99 Å². The van der Waals surface area contributed by atoms with E-state index in [-0.39, 0.29) is 31.8 Å². The van der Waals surface area contributed by atoms with Crippen molar-refractivity contribution in [3.63, 3.8) is 0 Å². The second-order valence-electron chi connectivity index (χ2n) is 8.63. The van der Waals surface area contributed by atoms with Gasteiger partial charge in [0.25, 0.3) is 0 Å². The van der Waals surface area contributed by atoms with Crippen LogP contribution in [0.1, 0.15) is 52.4 Å². The molecule has 0 aromatic carbocycles. The number of amides is 3. The maximum absolute atomic E-state index is 13.0. The van der Waals surface area contributed by atoms with Crippen molar-refractivity contribution in [1.29, 1.82) is 0 Å². The van der Waals surface area contributed by atoms with Crippen LogP contribution in [0, 0.1) is 5.92 Å². The highest BCUT2D eigenvalue weighted by molar-refractivity contribution is 5.94. The minimum atomic E-state index is -1.37. The Balaban J connectivity index is 5.54. The minimum Gasteiger partial charge on any atom is -0.481 e. The van der Waals surface area contributed by atoms with Crippen LogP contribution in [0.3, 0.4) is 0 Å². The van der Waals surface area contributed by atoms with Gasteiger partial charge in [-0.1, -0.05) is 13.8 Å². The van der Waals surface area contributed by atoms with E-state index >= 15 is 0 Å². The zero-order chi connectivity index (χ0) is 27.8. The lowest BCUT2D eigenvalue weighted by Crippen LogP contribution is -2.58. The first-order valence-corrected chi connectivity index (χ1v) is 11.7. The first kappa shape index (κ1) is 32.5. The number of nitrogens with zero attached hydrogens (tertiary/aromatic N) is 1. The summed E-state index contributed by atoms with van der Waals surface area (Å²) in [5.74, 6) is -5.40. The molecule has 0 spiro atoms. The number of aliphatic imine (C=N–C) groups is 1. The van der Waals surface area contributed by atoms with Gasteiger partial charge in [0.1, 0.15) is 18.1 Å². The molecular formula is C21H40N8O7. The van der Waals surface area contributed by atoms with E-state index in [1.54, 1.807) is 13.8 Å². The number of aliphatic carboxylic acids is 2. The van der Waals surface area contributed by atoms with Crippen molar-refractivity contribution in [2.45, 2.75) is 76.5 Å². The molecule has 0 saturated heterocycles. The third-order valence-corrected chi connectivity index (χ3v) is 5.12. The van der Waals surface area contributed by atoms with E-state index < -0.39 is 66.2 Å². The van der Waals surface area contributed by atoms with Gasteiger partial charge in [0.2, 0.25) is 17.7 Å². The highest BCUT2D eigenvalue weighted by Crippen LogP contribution is 2.08. The molecule has 13 N–H and O–H groups in total. The average molecular weight is 517 g/mol. The summed E-state index contributed by atoms with van der Waals surface area (Å²) in [4.78, 5) is 64.4. The summed E-state index contributed by atoms with van der Waals surface area (Å²) in [6.07, 6.45) is 0.934. The molecule has 0 aromatic rings. The van der Waals surface area contributed by atoms with Gasteiger partial charge >= 0.3 is 11.9 Å². The highest BCUT2D eigenvalue weighted by atomic mass is 16.4. The SMILES string of the molecule is CC(C)C(NC(=O)C(N)CC(=O)O)C(=O)NC(CCCN=C(N)N)C(=O)NC(CCCCN)C(=O)O. The number of carbonyl (C=O) groups excluding carboxylic acids is 3. The van der Waals surface area contributed by atoms with Crippen LogP contribution in [0.5, 0.6) is 0 Å². The maximum Gasteiger partial charge on any atom is 0.326 e. The predicted octanol–water partition coefficient (Wildman–Crippen LogP) is -2.83. The number of carboxylic acid groups (broad SMARTS) is 2. The Labute approximate surface area is 209 Å². The van der Waals surface area contributed by atoms with Gasteiger partial charge in [-0.15, -0.1) is 0 Å². The van der Waals surface area contributed by atoms with Crippen LogP contribution in [0.25, 0.3) is 0 Å². The summed E-state index contributed by atoms with van der Waals surface area (Å²) in [6.45, 7) is 3.81. The summed E-state index contributed by atoms with van der Waals surface area (Å²) >= 11 is 0. The van der Waals surface area contributed by atoms with Gasteiger partial charge in [-0.05, 0) is 44.6 Å². The molecule has 15 nitrogen and oxygen atoms in total. The molecule has 0 fully saturated rings. The Morgan fingerprint density at radius 3 is 1.92 bits per heavy atom. The largest absolute Gasteiger partial charge is 0.481 e. The van der Waals surface area contributed by atoms with Gasteiger partial charge in [-0.25, -0.2) is 4.79 Å². The molecule has 0 aliphatic heterocycles. The van der Waals surface area contributed by atoms with Crippen LogP contribution in [-0.4, -0.2) is 83.1 Å². The Hall–Kier alpha value is -3.46. The first-order chi connectivity index (χ1) is 16.8. The summed E-state index contributed by atoms with van der Waals surface area (Å²) in [6, 6.07) is -4.85. The maximum atomic E-state index is 13.0. The predicted molar refractivity (Wildman–Crippen MR) is 131 cm³/mol. The van der Waals surface area contributed by atoms with Crippen LogP contribution >= 0.6 is 0 Å². The molecule has 3 amide bonds. The molecule has 0 aromatic heterocycles. The second-order valence-corrected chi connectivity index (χ2v) is 8.63. The van der Waals surface area contributed by atoms with E-state index in [1.165, 1.54) is 0 Å². The molecule has 0 aliphatic carbocycles. The topological polar surface area (TPSA) is 278 Å². The average Bonchev–Trinajstić information content (AvgIpc) is 2.77. The van der Waals surface area contributed by atoms with E-state index in [2.05, 4.69) is 20.9 Å². The van der Waals surface area contributed by atoms with Crippen molar-refractivity contribution in [3.05, 3.63) is 0 Å². The molecule has 0 bridgehead atoms. The fourth-order valence-corrected chi connectivity index (χ4v) is 3.13. The Morgan fingerprint density at radius 1 is 0.833 bits per heavy atom. The summed E-state index contributed by atoms with van der Waals surface area (Å²) in [5, 5.41) is 25.7. The highest BCUT2D eigenvalue weighted by Gasteiger charge is 2.31. The normalized spacial score (nSPS) is 14.1. The third-order valence-electron chi connectivity index (χ3n) is 5.12. The van der Waals surface area contributed by atoms with E-state index in [0.717, 1.165) is 0 Å². The van der Waals surface area contributed by atoms with Gasteiger partial charge in [0, 0.05) is 6.54 Å². The number of hydrogen-bond donors (Lipinski definition) is 9. The molecule has 206 valence electrons. The number of nitrogens with two attached hydrogens (primary N) is 4. The van der Waals surface area contributed by atoms with Crippen molar-refractivity contribution >= 4 is 35.6 Å². The zero-order valence-electron chi connectivity index (χ0n) is 20.7. The summed E-state index contributed by atoms with van der Waals surface area (Å²) < 4.78 is 0. The lowest BCUT2D eigenvalue weighted by Gasteiger charge is -2.27. The number of hydrogen-bond acceptors (Lipinski definition) is 8. The van der Waals surface area contributed by atoms with E-state index in [4.69, 9.17) is 28.0 Å². The van der Waals surface area contributed by atoms with Crippen molar-refractivity contribution in [3.8, 4) is 0 Å². The van der Waals surface area contributed by atoms with Crippen molar-refractivity contribution < 1.29 is 34.2 Å². The number of carbonyl (C=O) groups is 5. The molecule has 4 atom stereocenters. The van der Waals surface area contributed by atoms with E-state index in [1.807, 2.05) is 0 Å². The van der Waals surface area contributed by atoms with Crippen molar-refractivity contribution in [2.75, 3.05) is 13.1 Å². The zero-order valence-corrected chi connectivity index (χ0v) is 20.7. The van der Waals surface area contributed by atoms with Crippen molar-refractivity contribution in [2.24, 2.45) is 33.8 Å². The number of carboxylic acids is 2. The number of rotatable bonds is 18. The molecule has 4 unspecified atom stereocenters.